The summed E-state index contributed by atoms with van der Waals surface area (Å²) in [4.78, 5) is 11.5. The van der Waals surface area contributed by atoms with Gasteiger partial charge in [0.25, 0.3) is 0 Å². The van der Waals surface area contributed by atoms with Gasteiger partial charge in [0.2, 0.25) is 0 Å². The van der Waals surface area contributed by atoms with E-state index in [4.69, 9.17) is 0 Å². The van der Waals surface area contributed by atoms with Crippen LogP contribution in [-0.2, 0) is 0 Å². The van der Waals surface area contributed by atoms with Crippen LogP contribution < -0.4 is 4.90 Å². The second-order valence-electron chi connectivity index (χ2n) is 5.11. The zero-order valence-corrected chi connectivity index (χ0v) is 14.6. The van der Waals surface area contributed by atoms with Crippen molar-refractivity contribution in [2.75, 3.05) is 23.7 Å². The van der Waals surface area contributed by atoms with Crippen molar-refractivity contribution in [1.82, 2.24) is 19.6 Å². The third kappa shape index (κ3) is 2.12. The molecule has 4 heterocycles. The van der Waals surface area contributed by atoms with Gasteiger partial charge in [0.05, 0.1) is 0 Å². The Morgan fingerprint density at radius 2 is 2.23 bits per heavy atom. The summed E-state index contributed by atoms with van der Waals surface area (Å²) in [5, 5.41) is 14.8. The molecule has 0 spiro atoms. The summed E-state index contributed by atoms with van der Waals surface area (Å²) in [5.41, 5.74) is 2.42. The van der Waals surface area contributed by atoms with Crippen LogP contribution in [0.25, 0.3) is 15.4 Å². The van der Waals surface area contributed by atoms with Crippen molar-refractivity contribution in [3.05, 3.63) is 11.9 Å². The SMILES string of the molecule is CCSc1nc2c3[se]c(N4CCCC4)c(C#N)c3ncn2n1. The molecule has 3 aromatic rings. The summed E-state index contributed by atoms with van der Waals surface area (Å²) in [5.74, 6) is 0.943. The van der Waals surface area contributed by atoms with E-state index in [0.29, 0.717) is 0 Å². The van der Waals surface area contributed by atoms with E-state index in [2.05, 4.69) is 33.0 Å². The second kappa shape index (κ2) is 5.58. The predicted molar refractivity (Wildman–Crippen MR) is 87.8 cm³/mol. The van der Waals surface area contributed by atoms with Crippen LogP contribution in [-0.4, -0.2) is 52.9 Å². The average molecular weight is 377 g/mol. The fraction of sp³-hybridized carbons (Fsp3) is 0.429. The minimum absolute atomic E-state index is 0.0848. The molecule has 0 bridgehead atoms. The summed E-state index contributed by atoms with van der Waals surface area (Å²) < 4.78 is 4.03. The van der Waals surface area contributed by atoms with Crippen LogP contribution in [0.5, 0.6) is 0 Å². The molecule has 0 aromatic carbocycles. The van der Waals surface area contributed by atoms with Crippen molar-refractivity contribution >= 4 is 46.3 Å². The van der Waals surface area contributed by atoms with Crippen LogP contribution in [0, 0.1) is 11.3 Å². The summed E-state index contributed by atoms with van der Waals surface area (Å²) in [6.45, 7) is 4.19. The zero-order chi connectivity index (χ0) is 15.1. The molecule has 1 aliphatic rings. The van der Waals surface area contributed by atoms with Gasteiger partial charge in [0.15, 0.2) is 0 Å². The Morgan fingerprint density at radius 3 is 2.95 bits per heavy atom. The normalized spacial score (nSPS) is 15.0. The van der Waals surface area contributed by atoms with Gasteiger partial charge in [0.1, 0.15) is 0 Å². The number of nitriles is 1. The summed E-state index contributed by atoms with van der Waals surface area (Å²) in [6.07, 6.45) is 4.10. The third-order valence-corrected chi connectivity index (χ3v) is 7.07. The fourth-order valence-corrected chi connectivity index (χ4v) is 5.91. The molecule has 0 atom stereocenters. The molecule has 3 aromatic heterocycles. The monoisotopic (exact) mass is 378 g/mol. The van der Waals surface area contributed by atoms with Crippen molar-refractivity contribution in [3.8, 4) is 6.07 Å². The Hall–Kier alpha value is -1.55. The number of hydrogen-bond donors (Lipinski definition) is 0. The van der Waals surface area contributed by atoms with Crippen LogP contribution in [0.3, 0.4) is 0 Å². The maximum atomic E-state index is 9.59. The first-order valence-corrected chi connectivity index (χ1v) is 9.97. The number of hydrogen-bond acceptors (Lipinski definition) is 6. The number of aromatic nitrogens is 4. The first-order valence-electron chi connectivity index (χ1n) is 7.27. The van der Waals surface area contributed by atoms with E-state index in [-0.39, 0.29) is 14.5 Å². The number of nitrogens with zero attached hydrogens (tertiary/aromatic N) is 6. The topological polar surface area (TPSA) is 70.1 Å². The molecule has 1 saturated heterocycles. The van der Waals surface area contributed by atoms with Gasteiger partial charge >= 0.3 is 138 Å². The van der Waals surface area contributed by atoms with Gasteiger partial charge in [-0.1, -0.05) is 0 Å². The fourth-order valence-electron chi connectivity index (χ4n) is 2.77. The van der Waals surface area contributed by atoms with Crippen molar-refractivity contribution in [1.29, 1.82) is 5.26 Å². The first-order chi connectivity index (χ1) is 10.8. The van der Waals surface area contributed by atoms with Gasteiger partial charge in [-0.15, -0.1) is 0 Å². The number of rotatable bonds is 3. The van der Waals surface area contributed by atoms with E-state index in [0.717, 1.165) is 45.0 Å². The molecule has 22 heavy (non-hydrogen) atoms. The van der Waals surface area contributed by atoms with Crippen LogP contribution in [0.15, 0.2) is 11.5 Å². The van der Waals surface area contributed by atoms with Crippen LogP contribution in [0.4, 0.5) is 4.56 Å². The number of fused-ring (bicyclic) bond motifs is 3. The van der Waals surface area contributed by atoms with Crippen molar-refractivity contribution < 1.29 is 0 Å². The molecule has 0 saturated carbocycles. The Balaban J connectivity index is 1.95. The first kappa shape index (κ1) is 14.1. The molecule has 0 unspecified atom stereocenters. The quantitative estimate of drug-likeness (QED) is 0.513. The predicted octanol–water partition coefficient (Wildman–Crippen LogP) is 1.92. The molecule has 0 aliphatic carbocycles. The van der Waals surface area contributed by atoms with Gasteiger partial charge in [-0.25, -0.2) is 0 Å². The second-order valence-corrected chi connectivity index (χ2v) is 8.43. The van der Waals surface area contributed by atoms with E-state index < -0.39 is 0 Å². The standard InChI is InChI=1S/C14H14N6SSe/c1-2-21-14-17-12-11-10(16-8-20(12)18-14)9(7-15)13(22-11)19-5-3-4-6-19/h8H,2-6H2,1H3. The van der Waals surface area contributed by atoms with Gasteiger partial charge in [-0.3, -0.25) is 0 Å². The Morgan fingerprint density at radius 1 is 1.41 bits per heavy atom. The molecular weight excluding hydrogens is 363 g/mol. The number of anilines is 1. The molecule has 6 nitrogen and oxygen atoms in total. The number of thioether (sulfide) groups is 1. The third-order valence-electron chi connectivity index (χ3n) is 3.75. The molecule has 1 fully saturated rings. The minimum atomic E-state index is 0.0848. The van der Waals surface area contributed by atoms with E-state index >= 15 is 0 Å². The van der Waals surface area contributed by atoms with Crippen molar-refractivity contribution in [2.45, 2.75) is 24.9 Å². The summed E-state index contributed by atoms with van der Waals surface area (Å²) >= 11 is 1.71. The van der Waals surface area contributed by atoms with Gasteiger partial charge in [-0.05, 0) is 0 Å². The average Bonchev–Trinajstić information content (AvgIpc) is 3.23. The molecule has 112 valence electrons. The van der Waals surface area contributed by atoms with Gasteiger partial charge in [-0.2, -0.15) is 0 Å². The maximum absolute atomic E-state index is 9.59. The van der Waals surface area contributed by atoms with Gasteiger partial charge in [0, 0.05) is 0 Å². The molecule has 4 rings (SSSR count). The zero-order valence-electron chi connectivity index (χ0n) is 12.1. The van der Waals surface area contributed by atoms with Crippen LogP contribution in [0.1, 0.15) is 25.3 Å². The van der Waals surface area contributed by atoms with E-state index in [1.807, 2.05) is 0 Å². The molecule has 0 radical (unpaired) electrons. The van der Waals surface area contributed by atoms with Crippen molar-refractivity contribution in [2.24, 2.45) is 0 Å². The van der Waals surface area contributed by atoms with Crippen molar-refractivity contribution in [3.63, 3.8) is 0 Å². The molecule has 8 heteroatoms. The van der Waals surface area contributed by atoms with E-state index in [1.165, 1.54) is 17.4 Å². The van der Waals surface area contributed by atoms with Gasteiger partial charge < -0.3 is 0 Å². The molecular formula is C14H14N6SSe. The Bertz CT molecular complexity index is 886. The van der Waals surface area contributed by atoms with E-state index in [9.17, 15) is 5.26 Å². The van der Waals surface area contributed by atoms with Crippen LogP contribution in [0.2, 0.25) is 0 Å². The summed E-state index contributed by atoms with van der Waals surface area (Å²) in [7, 11) is 0. The Kier molecular flexibility index (Phi) is 3.57. The molecule has 1 aliphatic heterocycles. The summed E-state index contributed by atoms with van der Waals surface area (Å²) in [6, 6.07) is 2.37. The van der Waals surface area contributed by atoms with Crippen LogP contribution >= 0.6 is 11.8 Å². The Labute approximate surface area is 137 Å². The molecule has 0 N–H and O–H groups in total. The molecule has 0 amide bonds. The van der Waals surface area contributed by atoms with E-state index in [1.54, 1.807) is 22.6 Å².